The molecule has 0 saturated carbocycles. The third kappa shape index (κ3) is 3.27. The molecular weight excluding hydrogens is 302 g/mol. The first kappa shape index (κ1) is 16.1. The third-order valence-corrected chi connectivity index (χ3v) is 3.96. The average Bonchev–Trinajstić information content (AvgIpc) is 3.24. The molecule has 6 nitrogen and oxygen atoms in total. The number of H-pyrrole nitrogens is 1. The van der Waals surface area contributed by atoms with Gasteiger partial charge in [-0.3, -0.25) is 4.79 Å². The maximum atomic E-state index is 12.4. The van der Waals surface area contributed by atoms with E-state index in [0.29, 0.717) is 11.5 Å². The lowest BCUT2D eigenvalue weighted by Crippen LogP contribution is -2.07. The number of pyridine rings is 1. The molecular formula is C18H21N5O. The van der Waals surface area contributed by atoms with Gasteiger partial charge in [0.25, 0.3) is 0 Å². The predicted octanol–water partition coefficient (Wildman–Crippen LogP) is 3.24. The Morgan fingerprint density at radius 1 is 1.33 bits per heavy atom. The second-order valence-electron chi connectivity index (χ2n) is 6.04. The number of nitrogens with one attached hydrogen (secondary N) is 1. The van der Waals surface area contributed by atoms with Gasteiger partial charge in [-0.1, -0.05) is 13.0 Å². The van der Waals surface area contributed by atoms with E-state index in [9.17, 15) is 4.79 Å². The van der Waals surface area contributed by atoms with E-state index in [2.05, 4.69) is 40.9 Å². The van der Waals surface area contributed by atoms with Gasteiger partial charge in [0.05, 0.1) is 12.1 Å². The highest BCUT2D eigenvalue weighted by atomic mass is 16.1. The normalized spacial score (nSPS) is 11.2. The molecule has 0 atom stereocenters. The molecule has 0 radical (unpaired) electrons. The average molecular weight is 323 g/mol. The lowest BCUT2D eigenvalue weighted by atomic mass is 10.1. The Labute approximate surface area is 141 Å². The van der Waals surface area contributed by atoms with E-state index in [0.717, 1.165) is 23.4 Å². The van der Waals surface area contributed by atoms with Gasteiger partial charge < -0.3 is 9.55 Å². The summed E-state index contributed by atoms with van der Waals surface area (Å²) in [4.78, 5) is 20.0. The van der Waals surface area contributed by atoms with Crippen LogP contribution in [0.2, 0.25) is 0 Å². The molecule has 0 aliphatic heterocycles. The van der Waals surface area contributed by atoms with E-state index in [1.54, 1.807) is 6.33 Å². The number of Topliss-reactive ketones (excluding diaryl/α,β-unsaturated/α-hetero) is 1. The number of carbonyl (C=O) groups is 1. The molecule has 24 heavy (non-hydrogen) atoms. The lowest BCUT2D eigenvalue weighted by Gasteiger charge is -2.10. The molecule has 0 spiro atoms. The van der Waals surface area contributed by atoms with E-state index in [1.165, 1.54) is 0 Å². The van der Waals surface area contributed by atoms with Crippen molar-refractivity contribution in [3.63, 3.8) is 0 Å². The largest absolute Gasteiger partial charge is 0.359 e. The van der Waals surface area contributed by atoms with Crippen LogP contribution in [0.25, 0.3) is 11.5 Å². The van der Waals surface area contributed by atoms with Crippen LogP contribution in [0.15, 0.2) is 36.8 Å². The minimum Gasteiger partial charge on any atom is -0.359 e. The van der Waals surface area contributed by atoms with E-state index in [-0.39, 0.29) is 18.2 Å². The SMILES string of the molecule is CCc1c[nH]c(C(=O)Cc2cccc(-c3nncn3C(C)C)n2)c1. The fraction of sp³-hybridized carbons (Fsp3) is 0.333. The Bertz CT molecular complexity index is 846. The first-order valence-electron chi connectivity index (χ1n) is 8.14. The fourth-order valence-electron chi connectivity index (χ4n) is 2.57. The maximum absolute atomic E-state index is 12.4. The van der Waals surface area contributed by atoms with Crippen molar-refractivity contribution < 1.29 is 4.79 Å². The molecule has 3 heterocycles. The van der Waals surface area contributed by atoms with Gasteiger partial charge in [0.1, 0.15) is 12.0 Å². The zero-order valence-corrected chi connectivity index (χ0v) is 14.2. The van der Waals surface area contributed by atoms with Crippen LogP contribution in [-0.2, 0) is 12.8 Å². The van der Waals surface area contributed by atoms with Crippen molar-refractivity contribution in [1.82, 2.24) is 24.7 Å². The topological polar surface area (TPSA) is 76.5 Å². The summed E-state index contributed by atoms with van der Waals surface area (Å²) in [5.41, 5.74) is 3.21. The third-order valence-electron chi connectivity index (χ3n) is 3.96. The van der Waals surface area contributed by atoms with Crippen molar-refractivity contribution in [1.29, 1.82) is 0 Å². The molecule has 1 N–H and O–H groups in total. The Kier molecular flexibility index (Phi) is 4.55. The summed E-state index contributed by atoms with van der Waals surface area (Å²) in [7, 11) is 0. The highest BCUT2D eigenvalue weighted by Crippen LogP contribution is 2.19. The van der Waals surface area contributed by atoms with Crippen LogP contribution in [0.1, 0.15) is 48.6 Å². The van der Waals surface area contributed by atoms with Crippen molar-refractivity contribution in [2.45, 2.75) is 39.7 Å². The van der Waals surface area contributed by atoms with E-state index in [1.807, 2.05) is 35.0 Å². The first-order valence-corrected chi connectivity index (χ1v) is 8.14. The molecule has 0 saturated heterocycles. The highest BCUT2D eigenvalue weighted by Gasteiger charge is 2.14. The van der Waals surface area contributed by atoms with Crippen molar-refractivity contribution in [2.75, 3.05) is 0 Å². The molecule has 3 aromatic heterocycles. The number of aryl methyl sites for hydroxylation is 1. The molecule has 0 aliphatic carbocycles. The van der Waals surface area contributed by atoms with Crippen molar-refractivity contribution in [3.05, 3.63) is 53.7 Å². The molecule has 3 aromatic rings. The maximum Gasteiger partial charge on any atom is 0.184 e. The fourth-order valence-corrected chi connectivity index (χ4v) is 2.57. The Morgan fingerprint density at radius 2 is 2.17 bits per heavy atom. The number of aromatic amines is 1. The van der Waals surface area contributed by atoms with E-state index >= 15 is 0 Å². The van der Waals surface area contributed by atoms with Gasteiger partial charge in [-0.2, -0.15) is 0 Å². The van der Waals surface area contributed by atoms with Gasteiger partial charge >= 0.3 is 0 Å². The van der Waals surface area contributed by atoms with E-state index < -0.39 is 0 Å². The molecule has 6 heteroatoms. The summed E-state index contributed by atoms with van der Waals surface area (Å²) < 4.78 is 1.96. The second kappa shape index (κ2) is 6.78. The smallest absolute Gasteiger partial charge is 0.184 e. The summed E-state index contributed by atoms with van der Waals surface area (Å²) in [5.74, 6) is 0.747. The minimum absolute atomic E-state index is 0.0321. The van der Waals surface area contributed by atoms with Crippen molar-refractivity contribution >= 4 is 5.78 Å². The molecule has 3 rings (SSSR count). The minimum atomic E-state index is 0.0321. The van der Waals surface area contributed by atoms with Crippen LogP contribution >= 0.6 is 0 Å². The monoisotopic (exact) mass is 323 g/mol. The van der Waals surface area contributed by atoms with Crippen LogP contribution in [0.5, 0.6) is 0 Å². The summed E-state index contributed by atoms with van der Waals surface area (Å²) in [6.07, 6.45) is 4.74. The quantitative estimate of drug-likeness (QED) is 0.707. The van der Waals surface area contributed by atoms with Gasteiger partial charge in [-0.25, -0.2) is 4.98 Å². The first-order chi connectivity index (χ1) is 11.6. The van der Waals surface area contributed by atoms with Crippen molar-refractivity contribution in [3.8, 4) is 11.5 Å². The standard InChI is InChI=1S/C18H21N5O/c1-4-13-8-16(19-10-13)17(24)9-14-6-5-7-15(21-14)18-22-20-11-23(18)12(2)3/h5-8,10-12,19H,4,9H2,1-3H3. The highest BCUT2D eigenvalue weighted by molar-refractivity contribution is 5.95. The summed E-state index contributed by atoms with van der Waals surface area (Å²) in [6, 6.07) is 7.80. The summed E-state index contributed by atoms with van der Waals surface area (Å²) >= 11 is 0. The zero-order chi connectivity index (χ0) is 17.1. The van der Waals surface area contributed by atoms with Crippen LogP contribution in [0.3, 0.4) is 0 Å². The van der Waals surface area contributed by atoms with Gasteiger partial charge in [-0.15, -0.1) is 10.2 Å². The lowest BCUT2D eigenvalue weighted by molar-refractivity contribution is 0.0988. The number of hydrogen-bond acceptors (Lipinski definition) is 4. The number of nitrogens with zero attached hydrogens (tertiary/aromatic N) is 4. The molecule has 0 aliphatic rings. The van der Waals surface area contributed by atoms with Crippen LogP contribution in [0.4, 0.5) is 0 Å². The predicted molar refractivity (Wildman–Crippen MR) is 91.8 cm³/mol. The van der Waals surface area contributed by atoms with Crippen LogP contribution < -0.4 is 0 Å². The van der Waals surface area contributed by atoms with E-state index in [4.69, 9.17) is 0 Å². The van der Waals surface area contributed by atoms with Crippen LogP contribution in [-0.4, -0.2) is 30.5 Å². The van der Waals surface area contributed by atoms with Crippen LogP contribution in [0, 0.1) is 0 Å². The number of hydrogen-bond donors (Lipinski definition) is 1. The molecule has 124 valence electrons. The number of rotatable bonds is 6. The molecule has 0 fully saturated rings. The number of ketones is 1. The second-order valence-corrected chi connectivity index (χ2v) is 6.04. The molecule has 0 amide bonds. The molecule has 0 aromatic carbocycles. The number of carbonyl (C=O) groups excluding carboxylic acids is 1. The van der Waals surface area contributed by atoms with Gasteiger partial charge in [0, 0.05) is 17.9 Å². The Morgan fingerprint density at radius 3 is 2.88 bits per heavy atom. The summed E-state index contributed by atoms with van der Waals surface area (Å²) in [6.45, 7) is 6.20. The van der Waals surface area contributed by atoms with Gasteiger partial charge in [0.15, 0.2) is 11.6 Å². The van der Waals surface area contributed by atoms with Gasteiger partial charge in [-0.05, 0) is 44.0 Å². The Balaban J connectivity index is 1.83. The summed E-state index contributed by atoms with van der Waals surface area (Å²) in [5, 5.41) is 8.13. The Hall–Kier alpha value is -2.76. The molecule has 0 unspecified atom stereocenters. The van der Waals surface area contributed by atoms with Crippen molar-refractivity contribution in [2.24, 2.45) is 0 Å². The zero-order valence-electron chi connectivity index (χ0n) is 14.2. The number of aromatic nitrogens is 5. The van der Waals surface area contributed by atoms with Gasteiger partial charge in [0.2, 0.25) is 0 Å². The molecule has 0 bridgehead atoms.